The van der Waals surface area contributed by atoms with E-state index < -0.39 is 18.2 Å². The van der Waals surface area contributed by atoms with Gasteiger partial charge in [0.1, 0.15) is 18.3 Å². The minimum Gasteiger partial charge on any atom is -0.386 e. The molecule has 0 aromatic heterocycles. The van der Waals surface area contributed by atoms with Gasteiger partial charge in [0.05, 0.1) is 6.54 Å². The van der Waals surface area contributed by atoms with Crippen LogP contribution in [0.3, 0.4) is 0 Å². The Balaban J connectivity index is 1.78. The fourth-order valence-corrected chi connectivity index (χ4v) is 3.70. The number of fused-ring (bicyclic) bond motifs is 2. The first-order valence-electron chi connectivity index (χ1n) is 8.74. The predicted octanol–water partition coefficient (Wildman–Crippen LogP) is 0.103. The first kappa shape index (κ1) is 16.7. The van der Waals surface area contributed by atoms with Crippen molar-refractivity contribution >= 4 is 29.4 Å². The Morgan fingerprint density at radius 2 is 1.88 bits per heavy atom. The number of anilines is 1. The highest BCUT2D eigenvalue weighted by atomic mass is 16.3. The van der Waals surface area contributed by atoms with E-state index in [1.165, 1.54) is 17.5 Å². The molecule has 136 valence electrons. The summed E-state index contributed by atoms with van der Waals surface area (Å²) in [6.45, 7) is 2.79. The minimum atomic E-state index is -0.676. The molecule has 0 bridgehead atoms. The topological polar surface area (TPSA) is 79.5 Å². The molecule has 1 N–H and O–H groups in total. The molecule has 3 aliphatic heterocycles. The fraction of sp³-hybridized carbons (Fsp3) is 0.444. The number of imide groups is 1. The van der Waals surface area contributed by atoms with E-state index in [4.69, 9.17) is 0 Å². The molecular weight excluding hydrogens is 334 g/mol. The molecule has 8 heteroatoms. The number of carbonyl (C=O) groups is 2. The summed E-state index contributed by atoms with van der Waals surface area (Å²) < 4.78 is 1.79. The molecule has 2 atom stereocenters. The van der Waals surface area contributed by atoms with Gasteiger partial charge in [0.25, 0.3) is 5.91 Å². The summed E-state index contributed by atoms with van der Waals surface area (Å²) in [6, 6.07) is 7.01. The van der Waals surface area contributed by atoms with E-state index in [1.807, 2.05) is 29.2 Å². The Bertz CT molecular complexity index is 845. The van der Waals surface area contributed by atoms with Crippen LogP contribution in [0.1, 0.15) is 12.5 Å². The number of amidine groups is 1. The second-order valence-electron chi connectivity index (χ2n) is 6.85. The van der Waals surface area contributed by atoms with Crippen molar-refractivity contribution in [1.82, 2.24) is 9.80 Å². The number of β-amino-alcohol motifs (C(OH)–C–C–N with tert-alkyl or cyclic N) is 1. The molecule has 26 heavy (non-hydrogen) atoms. The van der Waals surface area contributed by atoms with Gasteiger partial charge in [-0.15, -0.1) is 0 Å². The van der Waals surface area contributed by atoms with E-state index in [1.54, 1.807) is 11.6 Å². The van der Waals surface area contributed by atoms with Crippen molar-refractivity contribution in [2.45, 2.75) is 25.5 Å². The summed E-state index contributed by atoms with van der Waals surface area (Å²) in [4.78, 5) is 34.0. The van der Waals surface area contributed by atoms with Gasteiger partial charge in [-0.25, -0.2) is 14.3 Å². The summed E-state index contributed by atoms with van der Waals surface area (Å²) in [5.41, 5.74) is 2.13. The van der Waals surface area contributed by atoms with Crippen molar-refractivity contribution < 1.29 is 19.3 Å². The molecule has 4 rings (SSSR count). The van der Waals surface area contributed by atoms with Gasteiger partial charge in [0.15, 0.2) is 0 Å². The minimum absolute atomic E-state index is 0.304. The first-order valence-corrected chi connectivity index (χ1v) is 8.74. The van der Waals surface area contributed by atoms with E-state index in [2.05, 4.69) is 11.9 Å². The second kappa shape index (κ2) is 5.91. The number of nitrogens with zero attached hydrogens (tertiary/aromatic N) is 5. The van der Waals surface area contributed by atoms with Crippen LogP contribution in [0, 0.1) is 0 Å². The smallest absolute Gasteiger partial charge is 0.386 e. The fourth-order valence-electron chi connectivity index (χ4n) is 3.70. The summed E-state index contributed by atoms with van der Waals surface area (Å²) in [6.07, 6.45) is 0.323. The van der Waals surface area contributed by atoms with Crippen LogP contribution in [-0.2, 0) is 11.2 Å². The molecule has 8 nitrogen and oxygen atoms in total. The monoisotopic (exact) mass is 356 g/mol. The Kier molecular flexibility index (Phi) is 3.80. The number of hydrogen-bond donors (Lipinski definition) is 1. The Morgan fingerprint density at radius 3 is 2.54 bits per heavy atom. The number of aliphatic hydroxyl groups excluding tert-OH is 1. The molecule has 1 saturated heterocycles. The molecule has 3 heterocycles. The lowest BCUT2D eigenvalue weighted by Crippen LogP contribution is -2.63. The number of likely N-dealkylation sites (N-methyl/N-ethyl adjacent to an activating group) is 2. The molecule has 1 aromatic carbocycles. The maximum Gasteiger partial charge on any atom is 0.397 e. The lowest BCUT2D eigenvalue weighted by Gasteiger charge is -2.33. The number of aliphatic hydroxyl groups is 1. The number of guanidine groups is 1. The van der Waals surface area contributed by atoms with Crippen LogP contribution in [-0.4, -0.2) is 82.5 Å². The van der Waals surface area contributed by atoms with Crippen molar-refractivity contribution in [3.63, 3.8) is 0 Å². The summed E-state index contributed by atoms with van der Waals surface area (Å²) in [7, 11) is 3.09. The SMILES string of the molecule is CCc1ccc(N2CC(O)C[N+]3=C2N=C2C3C(=O)N(C)C(=O)N2C)cc1. The van der Waals surface area contributed by atoms with Crippen molar-refractivity contribution in [3.05, 3.63) is 29.8 Å². The zero-order valence-corrected chi connectivity index (χ0v) is 15.1. The number of benzene rings is 1. The molecule has 0 radical (unpaired) electrons. The highest BCUT2D eigenvalue weighted by Gasteiger charge is 2.54. The zero-order chi connectivity index (χ0) is 18.6. The van der Waals surface area contributed by atoms with Crippen LogP contribution in [0.2, 0.25) is 0 Å². The Morgan fingerprint density at radius 1 is 1.19 bits per heavy atom. The van der Waals surface area contributed by atoms with Crippen molar-refractivity contribution in [3.8, 4) is 0 Å². The molecule has 0 spiro atoms. The summed E-state index contributed by atoms with van der Waals surface area (Å²) >= 11 is 0. The molecular formula is C18H22N5O3+. The van der Waals surface area contributed by atoms with Crippen LogP contribution < -0.4 is 4.90 Å². The third-order valence-electron chi connectivity index (χ3n) is 5.21. The van der Waals surface area contributed by atoms with Crippen LogP contribution in [0.15, 0.2) is 29.3 Å². The molecule has 1 fully saturated rings. The number of hydrogen-bond acceptors (Lipinski definition) is 5. The van der Waals surface area contributed by atoms with Crippen LogP contribution >= 0.6 is 0 Å². The summed E-state index contributed by atoms with van der Waals surface area (Å²) in [5, 5.41) is 10.4. The summed E-state index contributed by atoms with van der Waals surface area (Å²) in [5.74, 6) is 0.692. The van der Waals surface area contributed by atoms with Crippen molar-refractivity contribution in [2.75, 3.05) is 32.1 Å². The second-order valence-corrected chi connectivity index (χ2v) is 6.85. The zero-order valence-electron chi connectivity index (χ0n) is 15.1. The van der Waals surface area contributed by atoms with Gasteiger partial charge in [-0.2, -0.15) is 0 Å². The number of aliphatic imine (C=N–C) groups is 1. The third kappa shape index (κ3) is 2.33. The van der Waals surface area contributed by atoms with Gasteiger partial charge >= 0.3 is 12.0 Å². The standard InChI is InChI=1S/C18H22N5O3/c1-4-11-5-7-12(8-6-11)22-9-13(24)10-23-14-15(19-17(22)23)20(2)18(26)21(3)16(14)25/h5-8,13-14,24H,4,9-10H2,1-3H3/q+1. The Hall–Kier alpha value is -2.74. The van der Waals surface area contributed by atoms with Crippen molar-refractivity contribution in [2.24, 2.45) is 4.99 Å². The number of amides is 3. The number of urea groups is 1. The van der Waals surface area contributed by atoms with E-state index in [0.29, 0.717) is 24.9 Å². The molecule has 1 aromatic rings. The molecule has 0 saturated carbocycles. The maximum absolute atomic E-state index is 12.7. The van der Waals surface area contributed by atoms with Crippen molar-refractivity contribution in [1.29, 1.82) is 0 Å². The molecule has 0 aliphatic carbocycles. The molecule has 2 unspecified atom stereocenters. The van der Waals surface area contributed by atoms with E-state index >= 15 is 0 Å². The maximum atomic E-state index is 12.7. The molecule has 3 aliphatic rings. The quantitative estimate of drug-likeness (QED) is 0.763. The largest absolute Gasteiger partial charge is 0.397 e. The average molecular weight is 356 g/mol. The normalized spacial score (nSPS) is 25.5. The predicted molar refractivity (Wildman–Crippen MR) is 96.5 cm³/mol. The number of rotatable bonds is 2. The van der Waals surface area contributed by atoms with Crippen LogP contribution in [0.5, 0.6) is 0 Å². The van der Waals surface area contributed by atoms with Gasteiger partial charge in [-0.3, -0.25) is 14.6 Å². The van der Waals surface area contributed by atoms with Crippen LogP contribution in [0.4, 0.5) is 10.5 Å². The number of aryl methyl sites for hydroxylation is 1. The van der Waals surface area contributed by atoms with Gasteiger partial charge in [0.2, 0.25) is 11.9 Å². The molecule has 3 amide bonds. The number of carbonyl (C=O) groups excluding carboxylic acids is 2. The highest BCUT2D eigenvalue weighted by molar-refractivity contribution is 6.23. The van der Waals surface area contributed by atoms with Gasteiger partial charge in [0, 0.05) is 14.1 Å². The van der Waals surface area contributed by atoms with Gasteiger partial charge < -0.3 is 5.11 Å². The van der Waals surface area contributed by atoms with E-state index in [9.17, 15) is 14.7 Å². The van der Waals surface area contributed by atoms with Gasteiger partial charge in [-0.1, -0.05) is 24.0 Å². The van der Waals surface area contributed by atoms with Crippen LogP contribution in [0.25, 0.3) is 0 Å². The van der Waals surface area contributed by atoms with Gasteiger partial charge in [-0.05, 0) is 24.1 Å². The highest BCUT2D eigenvalue weighted by Crippen LogP contribution is 2.26. The van der Waals surface area contributed by atoms with E-state index in [-0.39, 0.29) is 5.91 Å². The van der Waals surface area contributed by atoms with E-state index in [0.717, 1.165) is 17.0 Å². The lowest BCUT2D eigenvalue weighted by atomic mass is 10.1. The first-order chi connectivity index (χ1) is 12.4. The Labute approximate surface area is 151 Å². The average Bonchev–Trinajstić information content (AvgIpc) is 3.03. The lowest BCUT2D eigenvalue weighted by molar-refractivity contribution is -0.547. The third-order valence-corrected chi connectivity index (χ3v) is 5.21.